The summed E-state index contributed by atoms with van der Waals surface area (Å²) in [5.74, 6) is -1.29. The quantitative estimate of drug-likeness (QED) is 0.915. The molecule has 1 fully saturated rings. The van der Waals surface area contributed by atoms with Crippen LogP contribution in [0.3, 0.4) is 0 Å². The van der Waals surface area contributed by atoms with Crippen molar-refractivity contribution in [2.75, 3.05) is 25.2 Å². The van der Waals surface area contributed by atoms with Crippen molar-refractivity contribution in [2.24, 2.45) is 5.92 Å². The molecule has 0 bridgehead atoms. The van der Waals surface area contributed by atoms with Gasteiger partial charge in [-0.15, -0.1) is 11.3 Å². The fourth-order valence-electron chi connectivity index (χ4n) is 1.71. The number of halogens is 1. The molecule has 1 aromatic rings. The highest BCUT2D eigenvalue weighted by Gasteiger charge is 2.37. The van der Waals surface area contributed by atoms with Crippen LogP contribution in [0.25, 0.3) is 0 Å². The number of anilines is 1. The number of thiazole rings is 1. The topological polar surface area (TPSA) is 62.7 Å². The van der Waals surface area contributed by atoms with Gasteiger partial charge in [0.2, 0.25) is 0 Å². The van der Waals surface area contributed by atoms with Crippen molar-refractivity contribution >= 4 is 38.4 Å². The van der Waals surface area contributed by atoms with E-state index in [2.05, 4.69) is 20.9 Å². The van der Waals surface area contributed by atoms with Crippen LogP contribution in [0.4, 0.5) is 5.13 Å². The molecule has 0 radical (unpaired) electrons. The summed E-state index contributed by atoms with van der Waals surface area (Å²) in [6, 6.07) is -0.143. The molecule has 2 heterocycles. The second kappa shape index (κ2) is 4.68. The average Bonchev–Trinajstić information content (AvgIpc) is 2.84. The molecule has 2 rings (SSSR count). The number of nitrogens with zero attached hydrogens (tertiary/aromatic N) is 2. The van der Waals surface area contributed by atoms with Gasteiger partial charge in [-0.3, -0.25) is 4.79 Å². The van der Waals surface area contributed by atoms with E-state index in [4.69, 9.17) is 9.84 Å². The minimum absolute atomic E-state index is 0.143. The minimum atomic E-state index is -0.815. The summed E-state index contributed by atoms with van der Waals surface area (Å²) in [6.45, 7) is 0.710. The zero-order chi connectivity index (χ0) is 11.7. The number of carboxylic acids is 1. The molecular weight excluding hydrogens is 296 g/mol. The van der Waals surface area contributed by atoms with Crippen molar-refractivity contribution in [3.05, 3.63) is 9.98 Å². The number of rotatable bonds is 3. The summed E-state index contributed by atoms with van der Waals surface area (Å²) in [6.07, 6.45) is 0. The smallest absolute Gasteiger partial charge is 0.311 e. The van der Waals surface area contributed by atoms with Crippen LogP contribution in [0.15, 0.2) is 9.98 Å². The predicted octanol–water partition coefficient (Wildman–Crippen LogP) is 1.44. The lowest BCUT2D eigenvalue weighted by molar-refractivity contribution is -0.141. The maximum atomic E-state index is 11.0. The van der Waals surface area contributed by atoms with E-state index in [-0.39, 0.29) is 12.6 Å². The Morgan fingerprint density at radius 3 is 3.06 bits per heavy atom. The molecule has 2 atom stereocenters. The van der Waals surface area contributed by atoms with Gasteiger partial charge < -0.3 is 14.7 Å². The highest BCUT2D eigenvalue weighted by atomic mass is 79.9. The van der Waals surface area contributed by atoms with Crippen LogP contribution in [-0.4, -0.2) is 42.4 Å². The molecule has 0 amide bonds. The number of hydrogen-bond acceptors (Lipinski definition) is 5. The lowest BCUT2D eigenvalue weighted by Crippen LogP contribution is -2.40. The average molecular weight is 307 g/mol. The fraction of sp³-hybridized carbons (Fsp3) is 0.556. The summed E-state index contributed by atoms with van der Waals surface area (Å²) in [5, 5.41) is 11.7. The number of ether oxygens (including phenoxy) is 1. The monoisotopic (exact) mass is 306 g/mol. The molecule has 7 heteroatoms. The van der Waals surface area contributed by atoms with E-state index in [1.165, 1.54) is 11.3 Å². The van der Waals surface area contributed by atoms with E-state index in [0.29, 0.717) is 6.61 Å². The second-order valence-electron chi connectivity index (χ2n) is 3.61. The van der Waals surface area contributed by atoms with E-state index in [0.717, 1.165) is 9.73 Å². The number of carboxylic acid groups (broad SMARTS) is 1. The first-order valence-electron chi connectivity index (χ1n) is 4.74. The maximum absolute atomic E-state index is 11.0. The predicted molar refractivity (Wildman–Crippen MR) is 63.9 cm³/mol. The van der Waals surface area contributed by atoms with E-state index < -0.39 is 11.9 Å². The first kappa shape index (κ1) is 11.8. The Morgan fingerprint density at radius 2 is 2.50 bits per heavy atom. The number of aliphatic carboxylic acids is 1. The van der Waals surface area contributed by atoms with Crippen molar-refractivity contribution in [3.8, 4) is 0 Å². The Bertz CT molecular complexity index is 398. The summed E-state index contributed by atoms with van der Waals surface area (Å²) in [5.41, 5.74) is 0. The Labute approximate surface area is 105 Å². The SMILES string of the molecule is CN(c1nc(Br)cs1)C1COCC1C(=O)O. The Morgan fingerprint density at radius 1 is 1.75 bits per heavy atom. The molecule has 1 N–H and O–H groups in total. The minimum Gasteiger partial charge on any atom is -0.481 e. The molecular formula is C9H11BrN2O3S. The molecule has 16 heavy (non-hydrogen) atoms. The molecule has 0 saturated carbocycles. The summed E-state index contributed by atoms with van der Waals surface area (Å²) < 4.78 is 5.99. The van der Waals surface area contributed by atoms with Crippen molar-refractivity contribution < 1.29 is 14.6 Å². The molecule has 0 spiro atoms. The van der Waals surface area contributed by atoms with Crippen LogP contribution in [0.1, 0.15) is 0 Å². The van der Waals surface area contributed by atoms with Crippen LogP contribution in [0.2, 0.25) is 0 Å². The van der Waals surface area contributed by atoms with Crippen LogP contribution < -0.4 is 4.90 Å². The summed E-state index contributed by atoms with van der Waals surface area (Å²) in [7, 11) is 1.85. The zero-order valence-electron chi connectivity index (χ0n) is 8.59. The first-order valence-corrected chi connectivity index (χ1v) is 6.41. The Balaban J connectivity index is 2.15. The van der Waals surface area contributed by atoms with Gasteiger partial charge in [0.1, 0.15) is 10.5 Å². The highest BCUT2D eigenvalue weighted by molar-refractivity contribution is 9.10. The third kappa shape index (κ3) is 2.21. The molecule has 2 unspecified atom stereocenters. The fourth-order valence-corrected chi connectivity index (χ4v) is 2.98. The Kier molecular flexibility index (Phi) is 3.46. The number of hydrogen-bond donors (Lipinski definition) is 1. The van der Waals surface area contributed by atoms with Gasteiger partial charge in [-0.1, -0.05) is 0 Å². The lowest BCUT2D eigenvalue weighted by atomic mass is 10.0. The summed E-state index contributed by atoms with van der Waals surface area (Å²) in [4.78, 5) is 17.2. The normalized spacial score (nSPS) is 24.6. The van der Waals surface area contributed by atoms with Crippen LogP contribution in [0.5, 0.6) is 0 Å². The van der Waals surface area contributed by atoms with E-state index >= 15 is 0 Å². The van der Waals surface area contributed by atoms with Gasteiger partial charge in [0.15, 0.2) is 5.13 Å². The van der Waals surface area contributed by atoms with Crippen molar-refractivity contribution in [3.63, 3.8) is 0 Å². The molecule has 88 valence electrons. The zero-order valence-corrected chi connectivity index (χ0v) is 11.0. The Hall–Kier alpha value is -0.660. The van der Waals surface area contributed by atoms with Crippen LogP contribution in [0, 0.1) is 5.92 Å². The van der Waals surface area contributed by atoms with Gasteiger partial charge in [0.25, 0.3) is 0 Å². The van der Waals surface area contributed by atoms with Crippen molar-refractivity contribution in [1.29, 1.82) is 0 Å². The first-order chi connectivity index (χ1) is 7.59. The van der Waals surface area contributed by atoms with Gasteiger partial charge in [0.05, 0.1) is 19.3 Å². The number of aromatic nitrogens is 1. The van der Waals surface area contributed by atoms with Crippen molar-refractivity contribution in [2.45, 2.75) is 6.04 Å². The second-order valence-corrected chi connectivity index (χ2v) is 5.26. The summed E-state index contributed by atoms with van der Waals surface area (Å²) >= 11 is 4.76. The number of carbonyl (C=O) groups is 1. The molecule has 1 aliphatic heterocycles. The largest absolute Gasteiger partial charge is 0.481 e. The van der Waals surface area contributed by atoms with Gasteiger partial charge in [-0.2, -0.15) is 0 Å². The van der Waals surface area contributed by atoms with Gasteiger partial charge in [-0.05, 0) is 15.9 Å². The maximum Gasteiger partial charge on any atom is 0.311 e. The van der Waals surface area contributed by atoms with Gasteiger partial charge >= 0.3 is 5.97 Å². The molecule has 0 aliphatic carbocycles. The molecule has 5 nitrogen and oxygen atoms in total. The molecule has 1 saturated heterocycles. The molecule has 1 aromatic heterocycles. The third-order valence-electron chi connectivity index (χ3n) is 2.63. The number of likely N-dealkylation sites (N-methyl/N-ethyl adjacent to an activating group) is 1. The van der Waals surface area contributed by atoms with Crippen molar-refractivity contribution in [1.82, 2.24) is 4.98 Å². The van der Waals surface area contributed by atoms with Crippen LogP contribution in [-0.2, 0) is 9.53 Å². The molecule has 0 aromatic carbocycles. The van der Waals surface area contributed by atoms with E-state index in [9.17, 15) is 4.79 Å². The third-order valence-corrected chi connectivity index (χ3v) is 4.27. The van der Waals surface area contributed by atoms with Gasteiger partial charge in [0, 0.05) is 12.4 Å². The standard InChI is InChI=1S/C9H11BrN2O3S/c1-12(9-11-7(10)4-16-9)6-3-15-2-5(6)8(13)14/h4-6H,2-3H2,1H3,(H,13,14). The lowest BCUT2D eigenvalue weighted by Gasteiger charge is -2.25. The molecule has 1 aliphatic rings. The highest BCUT2D eigenvalue weighted by Crippen LogP contribution is 2.28. The van der Waals surface area contributed by atoms with Gasteiger partial charge in [-0.25, -0.2) is 4.98 Å². The van der Waals surface area contributed by atoms with Crippen LogP contribution >= 0.6 is 27.3 Å². The van der Waals surface area contributed by atoms with E-state index in [1.807, 2.05) is 17.3 Å². The van der Waals surface area contributed by atoms with E-state index in [1.54, 1.807) is 0 Å².